The molecule has 92 valence electrons. The van der Waals surface area contributed by atoms with Gasteiger partial charge in [-0.15, -0.1) is 0 Å². The lowest BCUT2D eigenvalue weighted by Gasteiger charge is -2.38. The van der Waals surface area contributed by atoms with Crippen LogP contribution in [-0.4, -0.2) is 38.8 Å². The average Bonchev–Trinajstić information content (AvgIpc) is 2.35. The molecule has 1 aliphatic heterocycles. The molecule has 0 bridgehead atoms. The molecule has 0 spiro atoms. The molecule has 1 aliphatic rings. The molecule has 17 heavy (non-hydrogen) atoms. The number of carbonyl (C=O) groups excluding carboxylic acids is 1. The van der Waals surface area contributed by atoms with Gasteiger partial charge in [0.1, 0.15) is 6.10 Å². The van der Waals surface area contributed by atoms with E-state index in [9.17, 15) is 9.90 Å². The number of benzene rings is 1. The summed E-state index contributed by atoms with van der Waals surface area (Å²) in [5.41, 5.74) is 1.06. The van der Waals surface area contributed by atoms with Crippen LogP contribution in [0.15, 0.2) is 30.3 Å². The number of nitrogens with zero attached hydrogens (tertiary/aromatic N) is 2. The van der Waals surface area contributed by atoms with Gasteiger partial charge in [-0.25, -0.2) is 4.31 Å². The molecule has 4 nitrogen and oxygen atoms in total. The Morgan fingerprint density at radius 1 is 1.35 bits per heavy atom. The molecule has 1 N–H and O–H groups in total. The van der Waals surface area contributed by atoms with E-state index in [4.69, 9.17) is 0 Å². The minimum atomic E-state index is -0.940. The Kier molecular flexibility index (Phi) is 3.71. The zero-order valence-corrected chi connectivity index (χ0v) is 10.7. The Balaban J connectivity index is 2.09. The number of aliphatic hydroxyl groups excluding tert-OH is 1. The molecule has 0 aliphatic carbocycles. The predicted molar refractivity (Wildman–Crippen MR) is 67.8 cm³/mol. The quantitative estimate of drug-likeness (QED) is 0.805. The summed E-state index contributed by atoms with van der Waals surface area (Å²) >= 11 is 1.36. The first kappa shape index (κ1) is 12.4. The van der Waals surface area contributed by atoms with Crippen molar-refractivity contribution >= 4 is 18.0 Å². The van der Waals surface area contributed by atoms with Gasteiger partial charge >= 0.3 is 0 Å². The molecule has 1 aromatic rings. The normalized spacial score (nSPS) is 26.3. The molecule has 2 atom stereocenters. The minimum absolute atomic E-state index is 0.153. The first-order valence-electron chi connectivity index (χ1n) is 5.54. The van der Waals surface area contributed by atoms with Gasteiger partial charge in [-0.1, -0.05) is 30.3 Å². The fraction of sp³-hybridized carbons (Fsp3) is 0.417. The number of amides is 1. The monoisotopic (exact) mass is 252 g/mol. The van der Waals surface area contributed by atoms with Gasteiger partial charge in [0.05, 0.1) is 12.6 Å². The highest BCUT2D eigenvalue weighted by atomic mass is 32.2. The third kappa shape index (κ3) is 2.62. The molecular formula is C12H16N2O2S. The zero-order valence-electron chi connectivity index (χ0n) is 9.91. The van der Waals surface area contributed by atoms with Crippen molar-refractivity contribution in [1.29, 1.82) is 0 Å². The SMILES string of the molecule is CC1C(O)C(=O)N(Cc2ccccc2)SN1C. The average molecular weight is 252 g/mol. The van der Waals surface area contributed by atoms with Gasteiger partial charge in [-0.3, -0.25) is 9.10 Å². The van der Waals surface area contributed by atoms with Crippen LogP contribution in [-0.2, 0) is 11.3 Å². The van der Waals surface area contributed by atoms with E-state index in [2.05, 4.69) is 0 Å². The highest BCUT2D eigenvalue weighted by Gasteiger charge is 2.36. The van der Waals surface area contributed by atoms with Gasteiger partial charge < -0.3 is 5.11 Å². The predicted octanol–water partition coefficient (Wildman–Crippen LogP) is 1.27. The molecule has 2 unspecified atom stereocenters. The van der Waals surface area contributed by atoms with E-state index in [1.165, 1.54) is 12.1 Å². The molecule has 2 rings (SSSR count). The number of aliphatic hydroxyl groups is 1. The fourth-order valence-corrected chi connectivity index (χ4v) is 2.65. The summed E-state index contributed by atoms with van der Waals surface area (Å²) in [7, 11) is 1.88. The second-order valence-corrected chi connectivity index (χ2v) is 5.35. The van der Waals surface area contributed by atoms with E-state index in [1.54, 1.807) is 4.31 Å². The molecule has 5 heteroatoms. The molecule has 1 saturated heterocycles. The van der Waals surface area contributed by atoms with Gasteiger partial charge in [0.25, 0.3) is 5.91 Å². The Morgan fingerprint density at radius 3 is 2.65 bits per heavy atom. The van der Waals surface area contributed by atoms with E-state index in [0.29, 0.717) is 6.54 Å². The van der Waals surface area contributed by atoms with E-state index >= 15 is 0 Å². The van der Waals surface area contributed by atoms with Crippen molar-refractivity contribution in [3.8, 4) is 0 Å². The van der Waals surface area contributed by atoms with Crippen LogP contribution in [0.5, 0.6) is 0 Å². The molecule has 1 fully saturated rings. The van der Waals surface area contributed by atoms with Crippen LogP contribution in [0, 0.1) is 0 Å². The van der Waals surface area contributed by atoms with Gasteiger partial charge in [-0.05, 0) is 19.5 Å². The third-order valence-corrected chi connectivity index (χ3v) is 4.02. The minimum Gasteiger partial charge on any atom is -0.382 e. The van der Waals surface area contributed by atoms with Crippen molar-refractivity contribution in [2.45, 2.75) is 25.6 Å². The van der Waals surface area contributed by atoms with Gasteiger partial charge in [0.2, 0.25) is 0 Å². The Hall–Kier alpha value is -1.04. The first-order chi connectivity index (χ1) is 8.09. The Bertz CT molecular complexity index is 399. The smallest absolute Gasteiger partial charge is 0.264 e. The summed E-state index contributed by atoms with van der Waals surface area (Å²) in [6.45, 7) is 2.36. The maximum atomic E-state index is 11.9. The summed E-state index contributed by atoms with van der Waals surface area (Å²) in [5.74, 6) is -0.218. The molecule has 1 amide bonds. The van der Waals surface area contributed by atoms with Crippen molar-refractivity contribution in [2.24, 2.45) is 0 Å². The van der Waals surface area contributed by atoms with E-state index in [-0.39, 0.29) is 11.9 Å². The zero-order chi connectivity index (χ0) is 12.4. The van der Waals surface area contributed by atoms with Crippen molar-refractivity contribution in [3.05, 3.63) is 35.9 Å². The Morgan fingerprint density at radius 2 is 2.00 bits per heavy atom. The molecular weight excluding hydrogens is 236 g/mol. The number of carbonyl (C=O) groups is 1. The molecule has 1 heterocycles. The Labute approximate surface area is 105 Å². The highest BCUT2D eigenvalue weighted by molar-refractivity contribution is 7.95. The van der Waals surface area contributed by atoms with E-state index in [1.807, 2.05) is 48.6 Å². The molecule has 0 aromatic heterocycles. The van der Waals surface area contributed by atoms with Crippen LogP contribution in [0.2, 0.25) is 0 Å². The van der Waals surface area contributed by atoms with Crippen LogP contribution in [0.4, 0.5) is 0 Å². The van der Waals surface area contributed by atoms with Crippen molar-refractivity contribution in [2.75, 3.05) is 7.05 Å². The number of hydrogen-bond acceptors (Lipinski definition) is 4. The molecule has 1 aromatic carbocycles. The topological polar surface area (TPSA) is 43.8 Å². The van der Waals surface area contributed by atoms with Crippen LogP contribution in [0.1, 0.15) is 12.5 Å². The van der Waals surface area contributed by atoms with Crippen LogP contribution < -0.4 is 0 Å². The molecule has 0 radical (unpaired) electrons. The van der Waals surface area contributed by atoms with Crippen molar-refractivity contribution in [1.82, 2.24) is 8.61 Å². The maximum Gasteiger partial charge on any atom is 0.264 e. The summed E-state index contributed by atoms with van der Waals surface area (Å²) in [6.07, 6.45) is -0.940. The first-order valence-corrected chi connectivity index (χ1v) is 6.27. The maximum absolute atomic E-state index is 11.9. The summed E-state index contributed by atoms with van der Waals surface area (Å²) in [5, 5.41) is 9.82. The lowest BCUT2D eigenvalue weighted by atomic mass is 10.1. The van der Waals surface area contributed by atoms with E-state index < -0.39 is 6.10 Å². The highest BCUT2D eigenvalue weighted by Crippen LogP contribution is 2.28. The van der Waals surface area contributed by atoms with Gasteiger partial charge in [-0.2, -0.15) is 0 Å². The summed E-state index contributed by atoms with van der Waals surface area (Å²) in [6, 6.07) is 9.61. The fourth-order valence-electron chi connectivity index (χ4n) is 1.68. The summed E-state index contributed by atoms with van der Waals surface area (Å²) < 4.78 is 3.50. The van der Waals surface area contributed by atoms with Gasteiger partial charge in [0, 0.05) is 12.1 Å². The number of likely N-dealkylation sites (N-methyl/N-ethyl adjacent to an activating group) is 1. The van der Waals surface area contributed by atoms with Crippen LogP contribution >= 0.6 is 12.1 Å². The third-order valence-electron chi connectivity index (χ3n) is 2.93. The lowest BCUT2D eigenvalue weighted by Crippen LogP contribution is -2.52. The second kappa shape index (κ2) is 5.08. The van der Waals surface area contributed by atoms with E-state index in [0.717, 1.165) is 5.56 Å². The van der Waals surface area contributed by atoms with Crippen LogP contribution in [0.3, 0.4) is 0 Å². The van der Waals surface area contributed by atoms with Crippen molar-refractivity contribution in [3.63, 3.8) is 0 Å². The largest absolute Gasteiger partial charge is 0.382 e. The number of hydrogen-bond donors (Lipinski definition) is 1. The lowest BCUT2D eigenvalue weighted by molar-refractivity contribution is -0.139. The van der Waals surface area contributed by atoms with Crippen LogP contribution in [0.25, 0.3) is 0 Å². The standard InChI is InChI=1S/C12H16N2O2S/c1-9-11(15)12(16)14(17-13(9)2)8-10-6-4-3-5-7-10/h3-7,9,11,15H,8H2,1-2H3. The molecule has 0 saturated carbocycles. The summed E-state index contributed by atoms with van der Waals surface area (Å²) in [4.78, 5) is 11.9. The van der Waals surface area contributed by atoms with Crippen molar-refractivity contribution < 1.29 is 9.90 Å². The van der Waals surface area contributed by atoms with Gasteiger partial charge in [0.15, 0.2) is 0 Å². The number of rotatable bonds is 2. The second-order valence-electron chi connectivity index (χ2n) is 4.17.